The number of carbonyl (C=O) groups is 2. The van der Waals surface area contributed by atoms with Crippen molar-refractivity contribution in [3.05, 3.63) is 41.2 Å². The van der Waals surface area contributed by atoms with E-state index in [1.54, 1.807) is 11.8 Å². The van der Waals surface area contributed by atoms with Crippen LogP contribution in [-0.4, -0.2) is 55.8 Å². The van der Waals surface area contributed by atoms with Gasteiger partial charge in [-0.05, 0) is 52.0 Å². The molecule has 9 nitrogen and oxygen atoms in total. The highest BCUT2D eigenvalue weighted by Gasteiger charge is 2.47. The number of nitrogens with zero attached hydrogens (tertiary/aromatic N) is 3. The van der Waals surface area contributed by atoms with Crippen LogP contribution >= 0.6 is 0 Å². The molecule has 1 aromatic carbocycles. The molecule has 3 atom stereocenters. The molecule has 0 saturated heterocycles. The zero-order chi connectivity index (χ0) is 23.8. The molecular formula is C24H32N4O5. The number of aromatic nitrogens is 3. The molecule has 0 bridgehead atoms. The largest absolute Gasteiger partial charge is 0.496 e. The molecule has 1 amide bonds. The van der Waals surface area contributed by atoms with Gasteiger partial charge in [-0.1, -0.05) is 22.9 Å². The molecule has 2 aliphatic rings. The lowest BCUT2D eigenvalue weighted by molar-refractivity contribution is -0.143. The van der Waals surface area contributed by atoms with Crippen LogP contribution in [0.15, 0.2) is 24.4 Å². The average molecular weight is 457 g/mol. The number of aliphatic hydroxyl groups is 1. The van der Waals surface area contributed by atoms with Gasteiger partial charge in [0.2, 0.25) is 5.91 Å². The Labute approximate surface area is 193 Å². The standard InChI is InChI=1S/C24H32N4O5/c1-14-4-7-21(33-3)20(8-14)15(2)28-13-19(26-27-28)12-24(32)10-17(11-24)22(29)25-18-6-5-16(9-18)23(30)31/h4,7-8,13,15-18,32H,5-6,9-12H2,1-3H3,(H,25,29)(H,30,31)/t15-,16-,17?,18+,24?/m1/s1. The highest BCUT2D eigenvalue weighted by molar-refractivity contribution is 5.80. The summed E-state index contributed by atoms with van der Waals surface area (Å²) in [5.74, 6) is -0.746. The van der Waals surface area contributed by atoms with E-state index in [0.29, 0.717) is 44.2 Å². The molecule has 3 N–H and O–H groups in total. The van der Waals surface area contributed by atoms with E-state index in [4.69, 9.17) is 9.84 Å². The predicted octanol–water partition coefficient (Wildman–Crippen LogP) is 2.26. The van der Waals surface area contributed by atoms with Crippen molar-refractivity contribution in [3.8, 4) is 5.75 Å². The van der Waals surface area contributed by atoms with E-state index < -0.39 is 11.6 Å². The number of hydrogen-bond donors (Lipinski definition) is 3. The van der Waals surface area contributed by atoms with Gasteiger partial charge in [-0.25, -0.2) is 4.68 Å². The summed E-state index contributed by atoms with van der Waals surface area (Å²) in [7, 11) is 1.64. The zero-order valence-corrected chi connectivity index (χ0v) is 19.3. The first-order valence-corrected chi connectivity index (χ1v) is 11.5. The number of rotatable bonds is 8. The summed E-state index contributed by atoms with van der Waals surface area (Å²) in [5, 5.41) is 31.5. The molecule has 2 aliphatic carbocycles. The minimum Gasteiger partial charge on any atom is -0.496 e. The number of benzene rings is 1. The first-order valence-electron chi connectivity index (χ1n) is 11.5. The Morgan fingerprint density at radius 2 is 2.06 bits per heavy atom. The van der Waals surface area contributed by atoms with Crippen LogP contribution in [0.5, 0.6) is 5.75 Å². The van der Waals surface area contributed by atoms with Gasteiger partial charge in [0, 0.05) is 30.1 Å². The third kappa shape index (κ3) is 5.03. The van der Waals surface area contributed by atoms with E-state index in [2.05, 4.69) is 21.7 Å². The number of carbonyl (C=O) groups excluding carboxylic acids is 1. The van der Waals surface area contributed by atoms with Crippen molar-refractivity contribution in [2.75, 3.05) is 7.11 Å². The molecule has 2 fully saturated rings. The molecule has 2 aromatic rings. The number of aryl methyl sites for hydroxylation is 1. The molecule has 1 aromatic heterocycles. The normalized spacial score (nSPS) is 27.6. The van der Waals surface area contributed by atoms with Crippen LogP contribution in [0.25, 0.3) is 0 Å². The number of ether oxygens (including phenoxy) is 1. The van der Waals surface area contributed by atoms with Gasteiger partial charge < -0.3 is 20.3 Å². The quantitative estimate of drug-likeness (QED) is 0.556. The van der Waals surface area contributed by atoms with E-state index >= 15 is 0 Å². The molecular weight excluding hydrogens is 424 g/mol. The third-order valence-corrected chi connectivity index (χ3v) is 7.05. The highest BCUT2D eigenvalue weighted by atomic mass is 16.5. The average Bonchev–Trinajstić information content (AvgIpc) is 3.41. The second kappa shape index (κ2) is 9.13. The molecule has 33 heavy (non-hydrogen) atoms. The van der Waals surface area contributed by atoms with E-state index in [1.807, 2.05) is 32.2 Å². The van der Waals surface area contributed by atoms with Gasteiger partial charge in [0.25, 0.3) is 0 Å². The lowest BCUT2D eigenvalue weighted by Crippen LogP contribution is -2.52. The topological polar surface area (TPSA) is 127 Å². The van der Waals surface area contributed by atoms with E-state index in [0.717, 1.165) is 16.9 Å². The van der Waals surface area contributed by atoms with E-state index in [-0.39, 0.29) is 29.8 Å². The number of methoxy groups -OCH3 is 1. The molecule has 0 aliphatic heterocycles. The summed E-state index contributed by atoms with van der Waals surface area (Å²) >= 11 is 0. The Kier molecular flexibility index (Phi) is 6.43. The van der Waals surface area contributed by atoms with Crippen LogP contribution in [0.1, 0.15) is 61.9 Å². The maximum absolute atomic E-state index is 12.5. The van der Waals surface area contributed by atoms with Gasteiger partial charge in [-0.15, -0.1) is 5.10 Å². The highest BCUT2D eigenvalue weighted by Crippen LogP contribution is 2.40. The Balaban J connectivity index is 1.32. The molecule has 0 unspecified atom stereocenters. The lowest BCUT2D eigenvalue weighted by Gasteiger charge is -2.42. The van der Waals surface area contributed by atoms with Crippen molar-refractivity contribution in [1.29, 1.82) is 0 Å². The molecule has 0 spiro atoms. The molecule has 4 rings (SSSR count). The Morgan fingerprint density at radius 1 is 1.30 bits per heavy atom. The lowest BCUT2D eigenvalue weighted by atomic mass is 9.68. The van der Waals surface area contributed by atoms with Crippen molar-refractivity contribution in [3.63, 3.8) is 0 Å². The monoisotopic (exact) mass is 456 g/mol. The molecule has 1 heterocycles. The molecule has 178 valence electrons. The van der Waals surface area contributed by atoms with Gasteiger partial charge in [0.15, 0.2) is 0 Å². The Bertz CT molecular complexity index is 1030. The number of carboxylic acid groups (broad SMARTS) is 1. The summed E-state index contributed by atoms with van der Waals surface area (Å²) in [6, 6.07) is 5.83. The van der Waals surface area contributed by atoms with E-state index in [9.17, 15) is 14.7 Å². The van der Waals surface area contributed by atoms with Crippen LogP contribution in [0.4, 0.5) is 0 Å². The van der Waals surface area contributed by atoms with Crippen LogP contribution < -0.4 is 10.1 Å². The van der Waals surface area contributed by atoms with Gasteiger partial charge >= 0.3 is 5.97 Å². The maximum atomic E-state index is 12.5. The summed E-state index contributed by atoms with van der Waals surface area (Å²) in [6.45, 7) is 4.05. The molecule has 2 saturated carbocycles. The molecule has 9 heteroatoms. The van der Waals surface area contributed by atoms with Gasteiger partial charge in [-0.3, -0.25) is 9.59 Å². The van der Waals surface area contributed by atoms with Crippen LogP contribution in [0.2, 0.25) is 0 Å². The van der Waals surface area contributed by atoms with Crippen LogP contribution in [-0.2, 0) is 16.0 Å². The van der Waals surface area contributed by atoms with Crippen molar-refractivity contribution in [1.82, 2.24) is 20.3 Å². The van der Waals surface area contributed by atoms with Gasteiger partial charge in [0.05, 0.1) is 30.4 Å². The fourth-order valence-electron chi connectivity index (χ4n) is 5.09. The molecule has 0 radical (unpaired) electrons. The summed E-state index contributed by atoms with van der Waals surface area (Å²) in [4.78, 5) is 23.6. The first-order chi connectivity index (χ1) is 15.7. The smallest absolute Gasteiger partial charge is 0.306 e. The number of carboxylic acids is 1. The zero-order valence-electron chi connectivity index (χ0n) is 19.3. The maximum Gasteiger partial charge on any atom is 0.306 e. The summed E-state index contributed by atoms with van der Waals surface area (Å²) in [5.41, 5.74) is 1.83. The number of aliphatic carboxylic acids is 1. The van der Waals surface area contributed by atoms with E-state index in [1.165, 1.54) is 0 Å². The fourth-order valence-corrected chi connectivity index (χ4v) is 5.09. The second-order valence-corrected chi connectivity index (χ2v) is 9.67. The van der Waals surface area contributed by atoms with Crippen LogP contribution in [0, 0.1) is 18.8 Å². The van der Waals surface area contributed by atoms with Gasteiger partial charge in [-0.2, -0.15) is 0 Å². The summed E-state index contributed by atoms with van der Waals surface area (Å²) in [6.07, 6.45) is 4.65. The number of hydrogen-bond acceptors (Lipinski definition) is 6. The third-order valence-electron chi connectivity index (χ3n) is 7.05. The number of amides is 1. The number of nitrogens with one attached hydrogen (secondary N) is 1. The first kappa shape index (κ1) is 23.2. The van der Waals surface area contributed by atoms with Gasteiger partial charge in [0.1, 0.15) is 5.75 Å². The minimum atomic E-state index is -0.980. The van der Waals surface area contributed by atoms with Crippen molar-refractivity contribution >= 4 is 11.9 Å². The predicted molar refractivity (Wildman–Crippen MR) is 120 cm³/mol. The Morgan fingerprint density at radius 3 is 2.73 bits per heavy atom. The van der Waals surface area contributed by atoms with Crippen molar-refractivity contribution < 1.29 is 24.5 Å². The fraction of sp³-hybridized carbons (Fsp3) is 0.583. The SMILES string of the molecule is COc1ccc(C)cc1[C@@H](C)n1cc(CC2(O)CC(C(=O)N[C@H]3CC[C@@H](C(=O)O)C3)C2)nn1. The van der Waals surface area contributed by atoms with Crippen molar-refractivity contribution in [2.45, 2.75) is 70.1 Å². The Hall–Kier alpha value is -2.94. The van der Waals surface area contributed by atoms with Crippen LogP contribution in [0.3, 0.4) is 0 Å². The summed E-state index contributed by atoms with van der Waals surface area (Å²) < 4.78 is 7.25. The second-order valence-electron chi connectivity index (χ2n) is 9.67. The minimum absolute atomic E-state index is 0.0864. The van der Waals surface area contributed by atoms with Crippen molar-refractivity contribution in [2.24, 2.45) is 11.8 Å².